The molecule has 0 heteroatoms. The van der Waals surface area contributed by atoms with Crippen molar-refractivity contribution in [2.24, 2.45) is 29.1 Å². The SMILES string of the molecule is CCC(C)C(C)C1C(C)CC1(C)C. The Morgan fingerprint density at radius 1 is 1.31 bits per heavy atom. The van der Waals surface area contributed by atoms with Crippen LogP contribution in [0, 0.1) is 29.1 Å². The van der Waals surface area contributed by atoms with Crippen molar-refractivity contribution in [2.45, 2.75) is 54.4 Å². The molecule has 0 nitrogen and oxygen atoms in total. The second-order valence-electron chi connectivity index (χ2n) is 5.94. The van der Waals surface area contributed by atoms with Gasteiger partial charge >= 0.3 is 0 Å². The van der Waals surface area contributed by atoms with E-state index in [9.17, 15) is 0 Å². The van der Waals surface area contributed by atoms with Crippen LogP contribution in [0.2, 0.25) is 0 Å². The van der Waals surface area contributed by atoms with Crippen molar-refractivity contribution in [3.63, 3.8) is 0 Å². The summed E-state index contributed by atoms with van der Waals surface area (Å²) in [5.74, 6) is 3.72. The first-order valence-corrected chi connectivity index (χ1v) is 5.90. The normalized spacial score (nSPS) is 36.5. The van der Waals surface area contributed by atoms with E-state index in [1.165, 1.54) is 12.8 Å². The summed E-state index contributed by atoms with van der Waals surface area (Å²) in [4.78, 5) is 0. The van der Waals surface area contributed by atoms with E-state index in [1.807, 2.05) is 0 Å². The van der Waals surface area contributed by atoms with Crippen LogP contribution in [-0.4, -0.2) is 0 Å². The molecule has 4 atom stereocenters. The van der Waals surface area contributed by atoms with Gasteiger partial charge in [-0.3, -0.25) is 0 Å². The molecular weight excluding hydrogens is 156 g/mol. The number of hydrogen-bond donors (Lipinski definition) is 0. The molecule has 0 heterocycles. The fourth-order valence-electron chi connectivity index (χ4n) is 3.66. The van der Waals surface area contributed by atoms with Gasteiger partial charge in [0.15, 0.2) is 0 Å². The summed E-state index contributed by atoms with van der Waals surface area (Å²) < 4.78 is 0. The zero-order valence-corrected chi connectivity index (χ0v) is 10.2. The van der Waals surface area contributed by atoms with Gasteiger partial charge < -0.3 is 0 Å². The van der Waals surface area contributed by atoms with Gasteiger partial charge in [0, 0.05) is 0 Å². The highest BCUT2D eigenvalue weighted by atomic mass is 14.5. The predicted octanol–water partition coefficient (Wildman–Crippen LogP) is 4.35. The molecule has 1 rings (SSSR count). The second kappa shape index (κ2) is 3.63. The van der Waals surface area contributed by atoms with Gasteiger partial charge in [0.25, 0.3) is 0 Å². The van der Waals surface area contributed by atoms with Gasteiger partial charge in [-0.05, 0) is 35.5 Å². The van der Waals surface area contributed by atoms with Gasteiger partial charge in [0.1, 0.15) is 0 Å². The molecule has 0 N–H and O–H groups in total. The molecule has 0 aromatic heterocycles. The third-order valence-electron chi connectivity index (χ3n) is 4.47. The zero-order chi connectivity index (χ0) is 10.2. The Bertz CT molecular complexity index is 169. The van der Waals surface area contributed by atoms with Crippen LogP contribution in [-0.2, 0) is 0 Å². The average molecular weight is 182 g/mol. The number of hydrogen-bond acceptors (Lipinski definition) is 0. The highest BCUT2D eigenvalue weighted by Crippen LogP contribution is 2.55. The Kier molecular flexibility index (Phi) is 3.09. The van der Waals surface area contributed by atoms with Crippen molar-refractivity contribution >= 4 is 0 Å². The molecule has 0 spiro atoms. The summed E-state index contributed by atoms with van der Waals surface area (Å²) in [6, 6.07) is 0. The van der Waals surface area contributed by atoms with E-state index in [2.05, 4.69) is 41.5 Å². The van der Waals surface area contributed by atoms with Crippen molar-refractivity contribution in [3.05, 3.63) is 0 Å². The fraction of sp³-hybridized carbons (Fsp3) is 1.00. The zero-order valence-electron chi connectivity index (χ0n) is 10.2. The van der Waals surface area contributed by atoms with Crippen LogP contribution in [0.5, 0.6) is 0 Å². The minimum absolute atomic E-state index is 0.613. The van der Waals surface area contributed by atoms with Gasteiger partial charge in [-0.25, -0.2) is 0 Å². The molecule has 0 saturated heterocycles. The van der Waals surface area contributed by atoms with Crippen molar-refractivity contribution in [1.29, 1.82) is 0 Å². The molecule has 0 aromatic rings. The summed E-state index contributed by atoms with van der Waals surface area (Å²) in [6.45, 7) is 14.5. The minimum Gasteiger partial charge on any atom is -0.0651 e. The molecule has 0 radical (unpaired) electrons. The Hall–Kier alpha value is 0. The lowest BCUT2D eigenvalue weighted by molar-refractivity contribution is -0.0543. The maximum Gasteiger partial charge on any atom is -0.0308 e. The second-order valence-corrected chi connectivity index (χ2v) is 5.94. The molecule has 78 valence electrons. The van der Waals surface area contributed by atoms with Crippen LogP contribution in [0.1, 0.15) is 54.4 Å². The molecule has 0 bridgehead atoms. The summed E-state index contributed by atoms with van der Waals surface area (Å²) in [7, 11) is 0. The Morgan fingerprint density at radius 2 is 1.85 bits per heavy atom. The minimum atomic E-state index is 0.613. The monoisotopic (exact) mass is 182 g/mol. The van der Waals surface area contributed by atoms with E-state index in [-0.39, 0.29) is 0 Å². The molecule has 1 fully saturated rings. The van der Waals surface area contributed by atoms with Crippen LogP contribution in [0.3, 0.4) is 0 Å². The molecule has 0 amide bonds. The van der Waals surface area contributed by atoms with E-state index in [0.29, 0.717) is 5.41 Å². The summed E-state index contributed by atoms with van der Waals surface area (Å²) in [6.07, 6.45) is 2.76. The lowest BCUT2D eigenvalue weighted by atomic mass is 9.51. The van der Waals surface area contributed by atoms with Crippen LogP contribution in [0.25, 0.3) is 0 Å². The third kappa shape index (κ3) is 1.92. The first-order valence-electron chi connectivity index (χ1n) is 5.90. The van der Waals surface area contributed by atoms with Crippen LogP contribution < -0.4 is 0 Å². The molecule has 1 aliphatic carbocycles. The Morgan fingerprint density at radius 3 is 2.15 bits per heavy atom. The van der Waals surface area contributed by atoms with Crippen molar-refractivity contribution in [1.82, 2.24) is 0 Å². The smallest absolute Gasteiger partial charge is 0.0308 e. The Balaban J connectivity index is 2.60. The molecule has 0 aliphatic heterocycles. The van der Waals surface area contributed by atoms with E-state index >= 15 is 0 Å². The van der Waals surface area contributed by atoms with Crippen molar-refractivity contribution in [3.8, 4) is 0 Å². The molecule has 1 aliphatic rings. The van der Waals surface area contributed by atoms with Crippen molar-refractivity contribution < 1.29 is 0 Å². The fourth-order valence-corrected chi connectivity index (χ4v) is 3.66. The first kappa shape index (κ1) is 11.1. The molecule has 13 heavy (non-hydrogen) atoms. The average Bonchev–Trinajstić information content (AvgIpc) is 2.00. The highest BCUT2D eigenvalue weighted by Gasteiger charge is 2.47. The summed E-state index contributed by atoms with van der Waals surface area (Å²) in [5, 5.41) is 0. The Labute approximate surface area is 84.1 Å². The van der Waals surface area contributed by atoms with Gasteiger partial charge in [-0.2, -0.15) is 0 Å². The van der Waals surface area contributed by atoms with E-state index in [4.69, 9.17) is 0 Å². The number of rotatable bonds is 3. The van der Waals surface area contributed by atoms with E-state index in [1.54, 1.807) is 0 Å². The standard InChI is InChI=1S/C13H26/c1-7-9(2)11(4)12-10(3)8-13(12,5)6/h9-12H,7-8H2,1-6H3. The summed E-state index contributed by atoms with van der Waals surface area (Å²) in [5.41, 5.74) is 0.613. The van der Waals surface area contributed by atoms with Crippen LogP contribution in [0.15, 0.2) is 0 Å². The van der Waals surface area contributed by atoms with Crippen molar-refractivity contribution in [2.75, 3.05) is 0 Å². The largest absolute Gasteiger partial charge is 0.0651 e. The van der Waals surface area contributed by atoms with Gasteiger partial charge in [0.05, 0.1) is 0 Å². The molecule has 4 unspecified atom stereocenters. The molecular formula is C13H26. The quantitative estimate of drug-likeness (QED) is 0.608. The van der Waals surface area contributed by atoms with Crippen LogP contribution >= 0.6 is 0 Å². The first-order chi connectivity index (χ1) is 5.90. The van der Waals surface area contributed by atoms with Gasteiger partial charge in [0.2, 0.25) is 0 Å². The van der Waals surface area contributed by atoms with E-state index < -0.39 is 0 Å². The highest BCUT2D eigenvalue weighted by molar-refractivity contribution is 4.96. The topological polar surface area (TPSA) is 0 Å². The van der Waals surface area contributed by atoms with Crippen LogP contribution in [0.4, 0.5) is 0 Å². The van der Waals surface area contributed by atoms with E-state index in [0.717, 1.165) is 23.7 Å². The maximum atomic E-state index is 2.45. The molecule has 1 saturated carbocycles. The molecule has 0 aromatic carbocycles. The predicted molar refractivity (Wildman–Crippen MR) is 59.7 cm³/mol. The lowest BCUT2D eigenvalue weighted by Gasteiger charge is -2.54. The third-order valence-corrected chi connectivity index (χ3v) is 4.47. The van der Waals surface area contributed by atoms with Gasteiger partial charge in [-0.15, -0.1) is 0 Å². The summed E-state index contributed by atoms with van der Waals surface area (Å²) >= 11 is 0. The maximum absolute atomic E-state index is 2.45. The van der Waals surface area contributed by atoms with Gasteiger partial charge in [-0.1, -0.05) is 48.0 Å². The lowest BCUT2D eigenvalue weighted by Crippen LogP contribution is -2.47.